The van der Waals surface area contributed by atoms with Crippen molar-refractivity contribution < 1.29 is 0 Å². The van der Waals surface area contributed by atoms with Gasteiger partial charge in [0.1, 0.15) is 0 Å². The van der Waals surface area contributed by atoms with Crippen LogP contribution in [0.5, 0.6) is 0 Å². The molecular weight excluding hydrogens is 1230 g/mol. The smallest absolute Gasteiger partial charge is 0.00613 e. The Kier molecular flexibility index (Phi) is 25.6. The Bertz CT molecular complexity index is 3820. The van der Waals surface area contributed by atoms with E-state index in [4.69, 9.17) is 26.3 Å². The van der Waals surface area contributed by atoms with E-state index in [0.29, 0.717) is 51.2 Å². The summed E-state index contributed by atoms with van der Waals surface area (Å²) >= 11 is 0. The molecule has 0 radical (unpaired) electrons. The van der Waals surface area contributed by atoms with Crippen LogP contribution in [-0.4, -0.2) is 0 Å². The lowest BCUT2D eigenvalue weighted by Gasteiger charge is -2.70. The summed E-state index contributed by atoms with van der Waals surface area (Å²) in [6.07, 6.45) is 45.3. The summed E-state index contributed by atoms with van der Waals surface area (Å²) in [6, 6.07) is 33.1. The van der Waals surface area contributed by atoms with Crippen molar-refractivity contribution in [3.8, 4) is 0 Å². The topological polar surface area (TPSA) is 0 Å². The first-order chi connectivity index (χ1) is 48.4. The summed E-state index contributed by atoms with van der Waals surface area (Å²) in [4.78, 5) is 0. The van der Waals surface area contributed by atoms with E-state index in [1.165, 1.54) is 234 Å². The summed E-state index contributed by atoms with van der Waals surface area (Å²) in [5.74, 6) is 2.95. The van der Waals surface area contributed by atoms with E-state index in [2.05, 4.69) is 219 Å². The van der Waals surface area contributed by atoms with E-state index in [-0.39, 0.29) is 16.7 Å². The van der Waals surface area contributed by atoms with Gasteiger partial charge < -0.3 is 0 Å². The zero-order chi connectivity index (χ0) is 73.5. The fourth-order valence-corrected chi connectivity index (χ4v) is 22.5. The maximum atomic E-state index is 4.97. The molecule has 0 heterocycles. The van der Waals surface area contributed by atoms with Crippen molar-refractivity contribution in [3.63, 3.8) is 0 Å². The van der Waals surface area contributed by atoms with Crippen molar-refractivity contribution in [3.05, 3.63) is 256 Å². The number of rotatable bonds is 40. The van der Waals surface area contributed by atoms with Gasteiger partial charge in [0.05, 0.1) is 0 Å². The van der Waals surface area contributed by atoms with Gasteiger partial charge in [-0.3, -0.25) is 0 Å². The Morgan fingerprint density at radius 2 is 1.35 bits per heavy atom. The molecule has 0 nitrogen and oxygen atoms in total. The quantitative estimate of drug-likeness (QED) is 0.0308. The highest BCUT2D eigenvalue weighted by Gasteiger charge is 2.65. The molecule has 102 heavy (non-hydrogen) atoms. The molecule has 0 N–H and O–H groups in total. The van der Waals surface area contributed by atoms with Crippen molar-refractivity contribution in [1.82, 2.24) is 0 Å². The van der Waals surface area contributed by atoms with E-state index in [9.17, 15) is 0 Å². The second-order valence-electron chi connectivity index (χ2n) is 37.6. The molecule has 7 aliphatic carbocycles. The summed E-state index contributed by atoms with van der Waals surface area (Å²) in [5.41, 5.74) is 30.9. The first-order valence-corrected chi connectivity index (χ1v) is 41.2. The SMILES string of the molecule is C=C(C)CCCC[C@](C)(CC(=C)[C@@](C)(CC(=C)CCCCCC1C(=C)CC(C)C1=C)C(C)C)C(=C)Cc1ccc(CCC(=C)C(CCCCC)CCCC23CC4(CC5C=CC(c6ccc(C(C)c7ccc(CC8=Cc9ccccc9C8)c(C)c7)cc6C(=C)C)=C5C)C[C@](C)(C2)C[C@](C)(C3)C4)cc1. The van der Waals surface area contributed by atoms with Gasteiger partial charge in [-0.15, -0.1) is 6.58 Å². The first-order valence-electron chi connectivity index (χ1n) is 41.2. The summed E-state index contributed by atoms with van der Waals surface area (Å²) < 4.78 is 0. The van der Waals surface area contributed by atoms with Crippen molar-refractivity contribution in [1.29, 1.82) is 0 Å². The lowest BCUT2D eigenvalue weighted by atomic mass is 9.34. The zero-order valence-electron chi connectivity index (χ0n) is 67.4. The highest BCUT2D eigenvalue weighted by molar-refractivity contribution is 5.86. The molecular formula is C102H140. The summed E-state index contributed by atoms with van der Waals surface area (Å²) in [7, 11) is 0. The maximum absolute atomic E-state index is 4.97. The summed E-state index contributed by atoms with van der Waals surface area (Å²) in [5, 5.41) is 0. The van der Waals surface area contributed by atoms with Gasteiger partial charge in [-0.05, 0) is 299 Å². The van der Waals surface area contributed by atoms with Gasteiger partial charge in [0, 0.05) is 11.8 Å². The van der Waals surface area contributed by atoms with Crippen molar-refractivity contribution >= 4 is 17.2 Å². The lowest BCUT2D eigenvalue weighted by Crippen LogP contribution is -2.59. The predicted octanol–water partition coefficient (Wildman–Crippen LogP) is 30.1. The van der Waals surface area contributed by atoms with E-state index >= 15 is 0 Å². The second kappa shape index (κ2) is 33.2. The fourth-order valence-electron chi connectivity index (χ4n) is 22.5. The number of hydrogen-bond donors (Lipinski definition) is 0. The van der Waals surface area contributed by atoms with Crippen LogP contribution in [0.3, 0.4) is 0 Å². The number of allylic oxidation sites excluding steroid dienone is 13. The van der Waals surface area contributed by atoms with Crippen LogP contribution >= 0.6 is 0 Å². The van der Waals surface area contributed by atoms with Crippen molar-refractivity contribution in [2.75, 3.05) is 0 Å². The Labute approximate surface area is 625 Å². The normalized spacial score (nSPS) is 25.2. The van der Waals surface area contributed by atoms with Crippen LogP contribution in [0.15, 0.2) is 200 Å². The first kappa shape index (κ1) is 78.6. The van der Waals surface area contributed by atoms with Crippen LogP contribution in [0, 0.1) is 69.0 Å². The minimum Gasteiger partial charge on any atom is -0.100 e. The van der Waals surface area contributed by atoms with Gasteiger partial charge in [0.15, 0.2) is 0 Å². The van der Waals surface area contributed by atoms with E-state index < -0.39 is 0 Å². The van der Waals surface area contributed by atoms with E-state index in [1.807, 2.05) is 0 Å². The van der Waals surface area contributed by atoms with E-state index in [0.717, 1.165) is 76.2 Å². The molecule has 11 atom stereocenters. The summed E-state index contributed by atoms with van der Waals surface area (Å²) in [6.45, 7) is 68.8. The average Bonchev–Trinajstić information content (AvgIpc) is 0.700. The average molecular weight is 1370 g/mol. The molecule has 0 spiro atoms. The standard InChI is InChI=1S/C102H140/c1-22-23-25-35-86(74(9)40-41-83-42-44-84(45-43-83)56-78(13)99(20,52-31-30-33-70(2)3)62-79(14)100(21,72(6)7)61-73(8)34-26-24-27-39-93-77(12)54-75(10)80(93)15)38-32-53-101-65-97(18)64-98(19,66-101)68-102(67-97,69-101)63-92-49-50-94(82(92)17)95-51-48-89(60-96(95)71(4)5)81(16)88-47-46-87(76(11)55-88)57-85-58-90-36-28-29-37-91(90)59-85/h28-29,36-37,42-51,55,58,60,72,75,81,86,92-93H,2,4,8-9,12-15,22-27,30-35,38-41,52-54,56-57,59,61-69H2,1,3,5-7,10-11,16-21H3/t75?,81?,86?,92?,93?,97-,98+,99-,100+,101?,102?/m1/s1. The third-order valence-corrected chi connectivity index (χ3v) is 27.9. The van der Waals surface area contributed by atoms with Crippen LogP contribution in [0.1, 0.15) is 318 Å². The molecule has 5 fully saturated rings. The Morgan fingerprint density at radius 3 is 2.02 bits per heavy atom. The minimum atomic E-state index is -0.0537. The van der Waals surface area contributed by atoms with Crippen molar-refractivity contribution in [2.45, 2.75) is 295 Å². The van der Waals surface area contributed by atoms with Gasteiger partial charge in [0.2, 0.25) is 0 Å². The molecule has 7 aliphatic rings. The van der Waals surface area contributed by atoms with Gasteiger partial charge in [0.25, 0.3) is 0 Å². The molecule has 4 bridgehead atoms. The highest BCUT2D eigenvalue weighted by Crippen LogP contribution is 2.76. The molecule has 548 valence electrons. The molecule has 5 saturated carbocycles. The number of fused-ring (bicyclic) bond motifs is 1. The molecule has 0 aromatic heterocycles. The van der Waals surface area contributed by atoms with Gasteiger partial charge in [-0.1, -0.05) is 312 Å². The third-order valence-electron chi connectivity index (χ3n) is 27.9. The molecule has 7 unspecified atom stereocenters. The highest BCUT2D eigenvalue weighted by atomic mass is 14.7. The minimum absolute atomic E-state index is 0.0260. The molecule has 4 aromatic carbocycles. The number of hydrogen-bond acceptors (Lipinski definition) is 0. The van der Waals surface area contributed by atoms with Crippen LogP contribution in [0.2, 0.25) is 0 Å². The van der Waals surface area contributed by atoms with Gasteiger partial charge >= 0.3 is 0 Å². The molecule has 0 aliphatic heterocycles. The predicted molar refractivity (Wildman–Crippen MR) is 449 cm³/mol. The fraction of sp³-hybridized carbons (Fsp3) is 0.549. The number of aryl methyl sites for hydroxylation is 2. The van der Waals surface area contributed by atoms with Crippen molar-refractivity contribution in [2.24, 2.45) is 62.1 Å². The number of unbranched alkanes of at least 4 members (excludes halogenated alkanes) is 5. The van der Waals surface area contributed by atoms with Crippen LogP contribution in [0.25, 0.3) is 17.2 Å². The second-order valence-corrected chi connectivity index (χ2v) is 37.6. The molecule has 0 amide bonds. The van der Waals surface area contributed by atoms with Gasteiger partial charge in [-0.25, -0.2) is 0 Å². The zero-order valence-corrected chi connectivity index (χ0v) is 67.4. The van der Waals surface area contributed by atoms with Crippen LogP contribution in [-0.2, 0) is 25.7 Å². The molecule has 0 saturated heterocycles. The van der Waals surface area contributed by atoms with Gasteiger partial charge in [-0.2, -0.15) is 0 Å². The van der Waals surface area contributed by atoms with E-state index in [1.54, 1.807) is 5.57 Å². The van der Waals surface area contributed by atoms with Crippen LogP contribution < -0.4 is 0 Å². The largest absolute Gasteiger partial charge is 0.100 e. The Balaban J connectivity index is 0.738. The third kappa shape index (κ3) is 18.8. The maximum Gasteiger partial charge on any atom is 0.00613 e. The molecule has 11 rings (SSSR count). The lowest BCUT2D eigenvalue weighted by molar-refractivity contribution is -0.196. The number of benzene rings is 4. The Morgan fingerprint density at radius 1 is 0.676 bits per heavy atom. The Hall–Kier alpha value is -5.98. The molecule has 4 aromatic rings. The van der Waals surface area contributed by atoms with Crippen LogP contribution in [0.4, 0.5) is 0 Å². The molecule has 0 heteroatoms. The monoisotopic (exact) mass is 1370 g/mol.